The molecule has 0 heterocycles. The van der Waals surface area contributed by atoms with E-state index in [0.717, 1.165) is 0 Å². The zero-order valence-electron chi connectivity index (χ0n) is 3.84. The Morgan fingerprint density at radius 3 is 2.25 bits per heavy atom. The second kappa shape index (κ2) is 6.43. The van der Waals surface area contributed by atoms with Gasteiger partial charge in [-0.2, -0.15) is 0 Å². The minimum atomic E-state index is -0.973. The molecule has 0 amide bonds. The molecule has 0 aliphatic carbocycles. The van der Waals surface area contributed by atoms with E-state index < -0.39 is 12.1 Å². The summed E-state index contributed by atoms with van der Waals surface area (Å²) in [6.45, 7) is 1.37. The van der Waals surface area contributed by atoms with Crippen LogP contribution in [0, 0.1) is 0 Å². The van der Waals surface area contributed by atoms with E-state index >= 15 is 0 Å². The second-order valence-electron chi connectivity index (χ2n) is 1.10. The van der Waals surface area contributed by atoms with Crippen LogP contribution < -0.4 is 0 Å². The second-order valence-corrected chi connectivity index (χ2v) is 1.60. The van der Waals surface area contributed by atoms with Crippen molar-refractivity contribution < 1.29 is 37.9 Å². The third-order valence-corrected chi connectivity index (χ3v) is 0.936. The molecule has 1 atom stereocenters. The van der Waals surface area contributed by atoms with Crippen molar-refractivity contribution in [2.45, 2.75) is 13.0 Å². The molecule has 8 heavy (non-hydrogen) atoms. The van der Waals surface area contributed by atoms with Crippen LogP contribution >= 0.6 is 0 Å². The van der Waals surface area contributed by atoms with Crippen LogP contribution in [0.1, 0.15) is 6.92 Å². The number of carbonyl (C=O) groups excluding carboxylic acids is 1. The molecule has 1 N–H and O–H groups in total. The van der Waals surface area contributed by atoms with E-state index in [9.17, 15) is 4.79 Å². The van der Waals surface area contributed by atoms with E-state index in [1.54, 1.807) is 0 Å². The minimum absolute atomic E-state index is 0. The molecule has 5 heteroatoms. The molecule has 0 spiro atoms. The summed E-state index contributed by atoms with van der Waals surface area (Å²) in [5.74, 6) is -0.557. The van der Waals surface area contributed by atoms with Crippen molar-refractivity contribution in [1.82, 2.24) is 0 Å². The van der Waals surface area contributed by atoms with E-state index in [2.05, 4.69) is 2.81 Å². The fraction of sp³-hybridized carbons (Fsp3) is 0.667. The number of hydrogen-bond donors (Lipinski definition) is 1. The van der Waals surface area contributed by atoms with Crippen LogP contribution in [0.3, 0.4) is 0 Å². The first-order chi connectivity index (χ1) is 3.18. The van der Waals surface area contributed by atoms with Gasteiger partial charge in [0.1, 0.15) is 0 Å². The third-order valence-electron chi connectivity index (χ3n) is 0.442. The van der Waals surface area contributed by atoms with Crippen molar-refractivity contribution in [3.05, 3.63) is 0 Å². The van der Waals surface area contributed by atoms with Crippen LogP contribution in [0.2, 0.25) is 0 Å². The van der Waals surface area contributed by atoms with Crippen LogP contribution in [-0.2, 0) is 32.8 Å². The summed E-state index contributed by atoms with van der Waals surface area (Å²) in [7, 11) is 0. The molecular formula is C3H6NaO3Zr. The molecule has 0 aromatic heterocycles. The van der Waals surface area contributed by atoms with E-state index in [1.807, 2.05) is 0 Å². The molecule has 0 aromatic carbocycles. The summed E-state index contributed by atoms with van der Waals surface area (Å²) < 4.78 is 4.21. The zero-order chi connectivity index (χ0) is 5.86. The first kappa shape index (κ1) is 12.0. The molecule has 0 saturated carbocycles. The molecule has 0 aliphatic heterocycles. The van der Waals surface area contributed by atoms with Gasteiger partial charge in [-0.05, 0) is 0 Å². The number of carbonyl (C=O) groups is 1. The van der Waals surface area contributed by atoms with Crippen molar-refractivity contribution in [2.75, 3.05) is 0 Å². The summed E-state index contributed by atoms with van der Waals surface area (Å²) in [4.78, 5) is 10.1. The number of rotatable bonds is 1. The van der Waals surface area contributed by atoms with Crippen molar-refractivity contribution in [3.8, 4) is 0 Å². The molecular weight excluding hydrogens is 198 g/mol. The van der Waals surface area contributed by atoms with Crippen LogP contribution in [0.4, 0.5) is 0 Å². The molecule has 3 nitrogen and oxygen atoms in total. The Kier molecular flexibility index (Phi) is 9.68. The molecule has 0 bridgehead atoms. The van der Waals surface area contributed by atoms with Crippen LogP contribution in [-0.4, -0.2) is 46.7 Å². The van der Waals surface area contributed by atoms with Gasteiger partial charge < -0.3 is 0 Å². The van der Waals surface area contributed by atoms with Gasteiger partial charge in [0.25, 0.3) is 0 Å². The zero-order valence-corrected chi connectivity index (χ0v) is 6.30. The standard InChI is InChI=1S/C3H6O3.Na.Zr.H/c1-2(4)3(5)6;;;/h2,4H,1H3,(H,5,6);;;/q;;+1;/p-1. The molecule has 0 rings (SSSR count). The van der Waals surface area contributed by atoms with E-state index in [-0.39, 0.29) is 29.6 Å². The molecule has 0 aromatic rings. The fourth-order valence-corrected chi connectivity index (χ4v) is 0.505. The monoisotopic (exact) mass is 203 g/mol. The molecule has 0 radical (unpaired) electrons. The Balaban J connectivity index is 0. The van der Waals surface area contributed by atoms with Gasteiger partial charge in [-0.25, -0.2) is 0 Å². The van der Waals surface area contributed by atoms with Gasteiger partial charge in [-0.1, -0.05) is 0 Å². The maximum atomic E-state index is 10.1. The van der Waals surface area contributed by atoms with E-state index in [0.29, 0.717) is 25.2 Å². The quantitative estimate of drug-likeness (QED) is 0.541. The van der Waals surface area contributed by atoms with Gasteiger partial charge in [-0.3, -0.25) is 0 Å². The summed E-state index contributed by atoms with van der Waals surface area (Å²) in [5.41, 5.74) is 0. The van der Waals surface area contributed by atoms with Gasteiger partial charge in [0.05, 0.1) is 0 Å². The summed E-state index contributed by atoms with van der Waals surface area (Å²) in [5, 5.41) is 8.36. The van der Waals surface area contributed by atoms with Crippen molar-refractivity contribution in [3.63, 3.8) is 0 Å². The number of hydrogen-bond acceptors (Lipinski definition) is 3. The SMILES string of the molecule is CC(O)C(=O)[O][Zr].[NaH]. The van der Waals surface area contributed by atoms with Gasteiger partial charge in [0, 0.05) is 0 Å². The summed E-state index contributed by atoms with van der Waals surface area (Å²) in [6, 6.07) is 0. The Bertz CT molecular complexity index is 74.9. The Hall–Kier alpha value is 1.31. The van der Waals surface area contributed by atoms with E-state index in [4.69, 9.17) is 5.11 Å². The third kappa shape index (κ3) is 5.45. The predicted octanol–water partition coefficient (Wildman–Crippen LogP) is -1.28. The van der Waals surface area contributed by atoms with Gasteiger partial charge >= 0.3 is 86.4 Å². The molecule has 41 valence electrons. The van der Waals surface area contributed by atoms with Crippen LogP contribution in [0.5, 0.6) is 0 Å². The van der Waals surface area contributed by atoms with Gasteiger partial charge in [0.2, 0.25) is 0 Å². The van der Waals surface area contributed by atoms with Gasteiger partial charge in [-0.15, -0.1) is 0 Å². The first-order valence-electron chi connectivity index (χ1n) is 1.74. The molecule has 0 aliphatic rings. The topological polar surface area (TPSA) is 46.5 Å². The number of aliphatic hydroxyl groups is 1. The van der Waals surface area contributed by atoms with Gasteiger partial charge in [0.15, 0.2) is 0 Å². The average molecular weight is 204 g/mol. The van der Waals surface area contributed by atoms with Crippen molar-refractivity contribution in [1.29, 1.82) is 0 Å². The van der Waals surface area contributed by atoms with Crippen molar-refractivity contribution >= 4 is 35.5 Å². The Morgan fingerprint density at radius 1 is 1.88 bits per heavy atom. The molecule has 0 saturated heterocycles. The van der Waals surface area contributed by atoms with Crippen LogP contribution in [0.25, 0.3) is 0 Å². The normalized spacial score (nSPS) is 11.1. The van der Waals surface area contributed by atoms with Crippen LogP contribution in [0.15, 0.2) is 0 Å². The fourth-order valence-electron chi connectivity index (χ4n) is 0.0853. The van der Waals surface area contributed by atoms with E-state index in [1.165, 1.54) is 6.92 Å². The summed E-state index contributed by atoms with van der Waals surface area (Å²) >= 11 is 0.667. The summed E-state index contributed by atoms with van der Waals surface area (Å²) in [6.07, 6.45) is -0.973. The number of aliphatic hydroxyl groups excluding tert-OH is 1. The molecule has 0 fully saturated rings. The Morgan fingerprint density at radius 2 is 2.25 bits per heavy atom. The predicted molar refractivity (Wildman–Crippen MR) is 24.9 cm³/mol. The average Bonchev–Trinajstić information content (AvgIpc) is 1.65. The van der Waals surface area contributed by atoms with Crippen molar-refractivity contribution in [2.24, 2.45) is 0 Å². The maximum absolute atomic E-state index is 10.1. The Labute approximate surface area is 85.5 Å². The first-order valence-corrected chi connectivity index (χ1v) is 2.74. The molecule has 1 unspecified atom stereocenters.